The summed E-state index contributed by atoms with van der Waals surface area (Å²) >= 11 is 0. The van der Waals surface area contributed by atoms with Gasteiger partial charge in [0.1, 0.15) is 17.5 Å². The number of amidine groups is 1. The third-order valence-electron chi connectivity index (χ3n) is 7.16. The first kappa shape index (κ1) is 19.4. The van der Waals surface area contributed by atoms with Crippen LogP contribution in [0.3, 0.4) is 0 Å². The molecule has 30 heavy (non-hydrogen) atoms. The van der Waals surface area contributed by atoms with Crippen molar-refractivity contribution in [3.63, 3.8) is 0 Å². The first-order chi connectivity index (χ1) is 14.4. The second kappa shape index (κ2) is 6.71. The van der Waals surface area contributed by atoms with Gasteiger partial charge in [-0.15, -0.1) is 0 Å². The number of ether oxygens (including phenoxy) is 1. The number of hydrogen-bond acceptors (Lipinski definition) is 4. The fraction of sp³-hybridized carbons (Fsp3) is 0.417. The third kappa shape index (κ3) is 2.73. The minimum absolute atomic E-state index is 0.154. The van der Waals surface area contributed by atoms with Gasteiger partial charge in [0, 0.05) is 24.2 Å². The van der Waals surface area contributed by atoms with Gasteiger partial charge in [0.25, 0.3) is 0 Å². The molecular weight excluding hydrogens is 384 g/mol. The fourth-order valence-corrected chi connectivity index (χ4v) is 5.57. The van der Waals surface area contributed by atoms with Gasteiger partial charge in [-0.2, -0.15) is 0 Å². The Morgan fingerprint density at radius 1 is 1.00 bits per heavy atom. The monoisotopic (exact) mass is 409 g/mol. The Labute approximate surface area is 174 Å². The molecule has 1 aliphatic heterocycles. The van der Waals surface area contributed by atoms with Crippen molar-refractivity contribution in [3.05, 3.63) is 59.2 Å². The van der Waals surface area contributed by atoms with E-state index in [1.807, 2.05) is 19.1 Å². The minimum Gasteiger partial charge on any atom is -0.382 e. The second-order valence-electron chi connectivity index (χ2n) is 8.79. The first-order valence-corrected chi connectivity index (χ1v) is 10.4. The molecule has 0 radical (unpaired) electrons. The summed E-state index contributed by atoms with van der Waals surface area (Å²) in [5, 5.41) is 0. The highest BCUT2D eigenvalue weighted by atomic mass is 19.1. The molecule has 2 aromatic carbocycles. The Kier molecular flexibility index (Phi) is 4.33. The molecule has 1 fully saturated rings. The largest absolute Gasteiger partial charge is 0.382 e. The van der Waals surface area contributed by atoms with Gasteiger partial charge in [-0.1, -0.05) is 12.1 Å². The predicted octanol–water partition coefficient (Wildman–Crippen LogP) is 4.75. The summed E-state index contributed by atoms with van der Waals surface area (Å²) < 4.78 is 33.3. The van der Waals surface area contributed by atoms with Crippen molar-refractivity contribution in [1.82, 2.24) is 0 Å². The molecule has 156 valence electrons. The number of halogens is 2. The van der Waals surface area contributed by atoms with Crippen LogP contribution in [0.15, 0.2) is 46.4 Å². The summed E-state index contributed by atoms with van der Waals surface area (Å²) in [5.74, 6) is -0.712. The number of benzene rings is 2. The second-order valence-corrected chi connectivity index (χ2v) is 8.79. The van der Waals surface area contributed by atoms with E-state index in [0.29, 0.717) is 11.4 Å². The van der Waals surface area contributed by atoms with Crippen LogP contribution in [0.2, 0.25) is 0 Å². The van der Waals surface area contributed by atoms with Crippen LogP contribution in [-0.2, 0) is 16.8 Å². The quantitative estimate of drug-likeness (QED) is 0.778. The zero-order valence-corrected chi connectivity index (χ0v) is 17.2. The molecule has 2 aromatic rings. The van der Waals surface area contributed by atoms with Gasteiger partial charge in [-0.3, -0.25) is 4.99 Å². The lowest BCUT2D eigenvalue weighted by molar-refractivity contribution is -0.000372. The molecule has 1 atom stereocenters. The molecule has 0 aromatic heterocycles. The van der Waals surface area contributed by atoms with Gasteiger partial charge in [0.2, 0.25) is 0 Å². The highest BCUT2D eigenvalue weighted by molar-refractivity contribution is 6.41. The lowest BCUT2D eigenvalue weighted by atomic mass is 9.65. The summed E-state index contributed by atoms with van der Waals surface area (Å²) in [6.07, 6.45) is 4.92. The predicted molar refractivity (Wildman–Crippen MR) is 114 cm³/mol. The van der Waals surface area contributed by atoms with Gasteiger partial charge >= 0.3 is 0 Å². The van der Waals surface area contributed by atoms with Gasteiger partial charge in [0.05, 0.1) is 11.8 Å². The number of fused-ring (bicyclic) bond motifs is 3. The Morgan fingerprint density at radius 3 is 2.30 bits per heavy atom. The van der Waals surface area contributed by atoms with Crippen LogP contribution in [0.1, 0.15) is 43.7 Å². The molecule has 5 rings (SSSR count). The summed E-state index contributed by atoms with van der Waals surface area (Å²) in [5.41, 5.74) is 9.48. The number of hydrogen-bond donors (Lipinski definition) is 1. The van der Waals surface area contributed by atoms with Crippen LogP contribution >= 0.6 is 0 Å². The van der Waals surface area contributed by atoms with Crippen molar-refractivity contribution in [2.45, 2.75) is 50.8 Å². The Hall–Kier alpha value is -2.60. The zero-order chi connectivity index (χ0) is 21.1. The molecule has 3 aliphatic rings. The highest BCUT2D eigenvalue weighted by Gasteiger charge is 2.60. The average molecular weight is 409 g/mol. The van der Waals surface area contributed by atoms with Crippen LogP contribution in [0.4, 0.5) is 8.78 Å². The molecule has 1 heterocycles. The number of aliphatic imine (C=N–C) groups is 2. The smallest absolute Gasteiger partial charge is 0.184 e. The molecule has 0 bridgehead atoms. The molecule has 2 N–H and O–H groups in total. The number of rotatable bonds is 2. The van der Waals surface area contributed by atoms with Crippen LogP contribution in [-0.4, -0.2) is 24.8 Å². The Morgan fingerprint density at radius 2 is 1.70 bits per heavy atom. The number of nitrogens with zero attached hydrogens (tertiary/aromatic N) is 2. The Balaban J connectivity index is 1.65. The number of nitrogens with two attached hydrogens (primary N) is 1. The number of methoxy groups -OCH3 is 1. The molecular formula is C24H25F2N3O. The zero-order valence-electron chi connectivity index (χ0n) is 17.2. The van der Waals surface area contributed by atoms with Gasteiger partial charge in [-0.25, -0.2) is 13.8 Å². The summed E-state index contributed by atoms with van der Waals surface area (Å²) in [4.78, 5) is 9.98. The van der Waals surface area contributed by atoms with Crippen molar-refractivity contribution >= 4 is 11.5 Å². The van der Waals surface area contributed by atoms with Crippen LogP contribution in [0.25, 0.3) is 11.1 Å². The normalized spacial score (nSPS) is 29.9. The van der Waals surface area contributed by atoms with Gasteiger partial charge in [0.15, 0.2) is 5.66 Å². The van der Waals surface area contributed by atoms with Crippen molar-refractivity contribution < 1.29 is 13.5 Å². The minimum atomic E-state index is -0.767. The highest BCUT2D eigenvalue weighted by Crippen LogP contribution is 2.62. The average Bonchev–Trinajstić information content (AvgIpc) is 3.15. The topological polar surface area (TPSA) is 60.0 Å². The summed E-state index contributed by atoms with van der Waals surface area (Å²) in [6, 6.07) is 9.58. The van der Waals surface area contributed by atoms with E-state index in [1.54, 1.807) is 7.11 Å². The van der Waals surface area contributed by atoms with Crippen molar-refractivity contribution in [2.75, 3.05) is 7.11 Å². The van der Waals surface area contributed by atoms with Crippen LogP contribution in [0, 0.1) is 17.0 Å². The van der Waals surface area contributed by atoms with E-state index in [0.717, 1.165) is 55.0 Å². The van der Waals surface area contributed by atoms with Gasteiger partial charge < -0.3 is 10.5 Å². The maximum absolute atomic E-state index is 13.8. The molecule has 0 amide bonds. The van der Waals surface area contributed by atoms with Crippen LogP contribution in [0.5, 0.6) is 0 Å². The SMILES string of the molecule is COC1CCC2(CC1)Cc1ccc(-c3cc(F)cc(F)c3)cc1[C@@]21N=C(C)C(N)=N1. The molecule has 0 unspecified atom stereocenters. The van der Waals surface area contributed by atoms with E-state index < -0.39 is 17.3 Å². The molecule has 2 spiro atoms. The molecule has 1 saturated carbocycles. The van der Waals surface area contributed by atoms with Crippen molar-refractivity contribution in [1.29, 1.82) is 0 Å². The Bertz CT molecular complexity index is 1050. The lowest BCUT2D eigenvalue weighted by Crippen LogP contribution is -2.43. The summed E-state index contributed by atoms with van der Waals surface area (Å²) in [7, 11) is 1.76. The lowest BCUT2D eigenvalue weighted by Gasteiger charge is -2.44. The standard InChI is InChI=1S/C24H25F2N3O/c1-14-22(27)29-24(28-14)21-11-15(17-9-18(25)12-19(26)10-17)3-4-16(21)13-23(24)7-5-20(30-2)6-8-23/h3-4,9-12,20H,5-8,13H2,1-2H3,(H2,27,29)/t20?,23?,24-/m0/s1. The van der Waals surface area contributed by atoms with E-state index in [2.05, 4.69) is 6.07 Å². The molecule has 6 heteroatoms. The first-order valence-electron chi connectivity index (χ1n) is 10.4. The maximum Gasteiger partial charge on any atom is 0.184 e. The van der Waals surface area contributed by atoms with Gasteiger partial charge in [-0.05, 0) is 73.9 Å². The molecule has 0 saturated heterocycles. The van der Waals surface area contributed by atoms with Crippen molar-refractivity contribution in [3.8, 4) is 11.1 Å². The van der Waals surface area contributed by atoms with E-state index in [9.17, 15) is 8.78 Å². The molecule has 4 nitrogen and oxygen atoms in total. The van der Waals surface area contributed by atoms with E-state index in [1.165, 1.54) is 17.7 Å². The third-order valence-corrected chi connectivity index (χ3v) is 7.16. The van der Waals surface area contributed by atoms with E-state index >= 15 is 0 Å². The van der Waals surface area contributed by atoms with E-state index in [4.69, 9.17) is 20.5 Å². The fourth-order valence-electron chi connectivity index (χ4n) is 5.57. The van der Waals surface area contributed by atoms with E-state index in [-0.39, 0.29) is 11.5 Å². The van der Waals surface area contributed by atoms with Crippen LogP contribution < -0.4 is 5.73 Å². The molecule has 2 aliphatic carbocycles. The summed E-state index contributed by atoms with van der Waals surface area (Å²) in [6.45, 7) is 1.89. The maximum atomic E-state index is 13.8. The van der Waals surface area contributed by atoms with Crippen molar-refractivity contribution in [2.24, 2.45) is 21.1 Å².